The van der Waals surface area contributed by atoms with Crippen molar-refractivity contribution < 1.29 is 13.9 Å². The number of halogens is 1. The van der Waals surface area contributed by atoms with Crippen LogP contribution in [0.1, 0.15) is 16.7 Å². The van der Waals surface area contributed by atoms with Crippen LogP contribution in [0.2, 0.25) is 0 Å². The Bertz CT molecular complexity index is 1080. The van der Waals surface area contributed by atoms with Crippen LogP contribution in [0.3, 0.4) is 0 Å². The largest absolute Gasteiger partial charge is 0.489 e. The molecule has 0 radical (unpaired) electrons. The number of hydrogen-bond donors (Lipinski definition) is 1. The molecule has 0 atom stereocenters. The second-order valence-electron chi connectivity index (χ2n) is 6.45. The maximum absolute atomic E-state index is 13.7. The number of anilines is 1. The van der Waals surface area contributed by atoms with Crippen LogP contribution in [0.4, 0.5) is 10.1 Å². The molecule has 3 aromatic carbocycles. The molecule has 3 aromatic rings. The highest BCUT2D eigenvalue weighted by Gasteiger charge is 2.12. The summed E-state index contributed by atoms with van der Waals surface area (Å²) in [6.07, 6.45) is 1.44. The van der Waals surface area contributed by atoms with Crippen molar-refractivity contribution in [3.63, 3.8) is 0 Å². The van der Waals surface area contributed by atoms with E-state index in [0.717, 1.165) is 5.56 Å². The minimum atomic E-state index is -0.677. The summed E-state index contributed by atoms with van der Waals surface area (Å²) in [6, 6.07) is 22.8. The predicted octanol–water partition coefficient (Wildman–Crippen LogP) is 5.26. The van der Waals surface area contributed by atoms with E-state index in [0.29, 0.717) is 17.9 Å². The maximum atomic E-state index is 13.7. The molecule has 0 spiro atoms. The summed E-state index contributed by atoms with van der Waals surface area (Å²) in [4.78, 5) is 12.3. The van der Waals surface area contributed by atoms with Crippen LogP contribution in [0.5, 0.6) is 5.75 Å². The number of para-hydroxylation sites is 1. The van der Waals surface area contributed by atoms with Crippen molar-refractivity contribution in [3.05, 3.63) is 101 Å². The first-order valence-corrected chi connectivity index (χ1v) is 9.01. The molecule has 0 aliphatic carbocycles. The number of rotatable bonds is 6. The standard InChI is InChI=1S/C24H19FN2O2/c1-17-9-11-18(12-10-17)16-29-21-6-4-5-19(14-21)13-20(15-26)24(28)27-23-8-3-2-7-22(23)25/h2-14H,16H2,1H3,(H,27,28)/b20-13-. The monoisotopic (exact) mass is 386 g/mol. The number of ether oxygens (including phenoxy) is 1. The lowest BCUT2D eigenvalue weighted by Crippen LogP contribution is -2.14. The predicted molar refractivity (Wildman–Crippen MR) is 111 cm³/mol. The van der Waals surface area contributed by atoms with E-state index in [-0.39, 0.29) is 11.3 Å². The summed E-state index contributed by atoms with van der Waals surface area (Å²) < 4.78 is 19.5. The van der Waals surface area contributed by atoms with Crippen molar-refractivity contribution in [1.29, 1.82) is 5.26 Å². The van der Waals surface area contributed by atoms with E-state index in [9.17, 15) is 14.4 Å². The van der Waals surface area contributed by atoms with E-state index in [1.165, 1.54) is 29.8 Å². The Morgan fingerprint density at radius 2 is 1.86 bits per heavy atom. The molecule has 144 valence electrons. The summed E-state index contributed by atoms with van der Waals surface area (Å²) >= 11 is 0. The van der Waals surface area contributed by atoms with Gasteiger partial charge in [0.1, 0.15) is 29.8 Å². The minimum absolute atomic E-state index is 0.0221. The summed E-state index contributed by atoms with van der Waals surface area (Å²) in [6.45, 7) is 2.43. The van der Waals surface area contributed by atoms with Crippen LogP contribution >= 0.6 is 0 Å². The fraction of sp³-hybridized carbons (Fsp3) is 0.0833. The van der Waals surface area contributed by atoms with Gasteiger partial charge in [0.15, 0.2) is 0 Å². The van der Waals surface area contributed by atoms with E-state index in [1.807, 2.05) is 37.3 Å². The van der Waals surface area contributed by atoms with Crippen molar-refractivity contribution in [2.45, 2.75) is 13.5 Å². The van der Waals surface area contributed by atoms with Crippen molar-refractivity contribution in [1.82, 2.24) is 0 Å². The van der Waals surface area contributed by atoms with Gasteiger partial charge in [-0.2, -0.15) is 5.26 Å². The number of nitrogens with zero attached hydrogens (tertiary/aromatic N) is 1. The lowest BCUT2D eigenvalue weighted by Gasteiger charge is -2.08. The Hall–Kier alpha value is -3.91. The second kappa shape index (κ2) is 9.34. The molecule has 0 saturated carbocycles. The number of nitriles is 1. The van der Waals surface area contributed by atoms with Crippen LogP contribution in [-0.4, -0.2) is 5.91 Å². The number of amides is 1. The highest BCUT2D eigenvalue weighted by atomic mass is 19.1. The van der Waals surface area contributed by atoms with Crippen molar-refractivity contribution >= 4 is 17.7 Å². The third-order valence-corrected chi connectivity index (χ3v) is 4.18. The quantitative estimate of drug-likeness (QED) is 0.464. The smallest absolute Gasteiger partial charge is 0.266 e. The van der Waals surface area contributed by atoms with Crippen LogP contribution < -0.4 is 10.1 Å². The van der Waals surface area contributed by atoms with Gasteiger partial charge in [0.25, 0.3) is 5.91 Å². The Balaban J connectivity index is 1.71. The van der Waals surface area contributed by atoms with E-state index in [4.69, 9.17) is 4.74 Å². The zero-order chi connectivity index (χ0) is 20.6. The summed E-state index contributed by atoms with van der Waals surface area (Å²) in [5.41, 5.74) is 2.74. The first kappa shape index (κ1) is 19.8. The number of hydrogen-bond acceptors (Lipinski definition) is 3. The van der Waals surface area contributed by atoms with Gasteiger partial charge in [0.05, 0.1) is 5.69 Å². The highest BCUT2D eigenvalue weighted by molar-refractivity contribution is 6.09. The molecule has 0 aromatic heterocycles. The number of carbonyl (C=O) groups excluding carboxylic acids is 1. The number of aryl methyl sites for hydroxylation is 1. The lowest BCUT2D eigenvalue weighted by atomic mass is 10.1. The molecule has 29 heavy (non-hydrogen) atoms. The van der Waals surface area contributed by atoms with Gasteiger partial charge in [0, 0.05) is 0 Å². The van der Waals surface area contributed by atoms with Gasteiger partial charge >= 0.3 is 0 Å². The zero-order valence-corrected chi connectivity index (χ0v) is 15.9. The normalized spacial score (nSPS) is 10.9. The topological polar surface area (TPSA) is 62.1 Å². The summed E-state index contributed by atoms with van der Waals surface area (Å²) in [7, 11) is 0. The molecule has 0 aliphatic heterocycles. The molecule has 0 fully saturated rings. The molecule has 1 N–H and O–H groups in total. The molecule has 0 saturated heterocycles. The van der Waals surface area contributed by atoms with Gasteiger partial charge in [-0.3, -0.25) is 4.79 Å². The molecule has 5 heteroatoms. The number of benzene rings is 3. The van der Waals surface area contributed by atoms with Gasteiger partial charge < -0.3 is 10.1 Å². The Morgan fingerprint density at radius 1 is 1.10 bits per heavy atom. The third kappa shape index (κ3) is 5.53. The Labute approximate surface area is 168 Å². The van der Waals surface area contributed by atoms with Gasteiger partial charge in [0.2, 0.25) is 0 Å². The van der Waals surface area contributed by atoms with Gasteiger partial charge in [-0.05, 0) is 48.4 Å². The minimum Gasteiger partial charge on any atom is -0.489 e. The number of nitrogens with one attached hydrogen (secondary N) is 1. The molecule has 0 unspecified atom stereocenters. The van der Waals surface area contributed by atoms with E-state index < -0.39 is 11.7 Å². The van der Waals surface area contributed by atoms with Crippen LogP contribution in [0.15, 0.2) is 78.4 Å². The average Bonchev–Trinajstić information content (AvgIpc) is 2.73. The molecule has 0 heterocycles. The first-order chi connectivity index (χ1) is 14.0. The van der Waals surface area contributed by atoms with Gasteiger partial charge in [-0.25, -0.2) is 4.39 Å². The van der Waals surface area contributed by atoms with Crippen molar-refractivity contribution in [3.8, 4) is 11.8 Å². The van der Waals surface area contributed by atoms with Crippen molar-refractivity contribution in [2.75, 3.05) is 5.32 Å². The van der Waals surface area contributed by atoms with E-state index >= 15 is 0 Å². The highest BCUT2D eigenvalue weighted by Crippen LogP contribution is 2.19. The number of carbonyl (C=O) groups is 1. The fourth-order valence-corrected chi connectivity index (χ4v) is 2.61. The fourth-order valence-electron chi connectivity index (χ4n) is 2.61. The van der Waals surface area contributed by atoms with Crippen molar-refractivity contribution in [2.24, 2.45) is 0 Å². The molecule has 0 aliphatic rings. The summed E-state index contributed by atoms with van der Waals surface area (Å²) in [5.74, 6) is -0.626. The maximum Gasteiger partial charge on any atom is 0.266 e. The molecule has 4 nitrogen and oxygen atoms in total. The summed E-state index contributed by atoms with van der Waals surface area (Å²) in [5, 5.41) is 11.8. The van der Waals surface area contributed by atoms with Crippen LogP contribution in [0.25, 0.3) is 6.08 Å². The second-order valence-corrected chi connectivity index (χ2v) is 6.45. The third-order valence-electron chi connectivity index (χ3n) is 4.18. The van der Waals surface area contributed by atoms with Gasteiger partial charge in [-0.1, -0.05) is 54.1 Å². The van der Waals surface area contributed by atoms with Crippen LogP contribution in [-0.2, 0) is 11.4 Å². The SMILES string of the molecule is Cc1ccc(COc2cccc(/C=C(/C#N)C(=O)Nc3ccccc3F)c2)cc1. The van der Waals surface area contributed by atoms with E-state index in [2.05, 4.69) is 5.32 Å². The average molecular weight is 386 g/mol. The molecule has 3 rings (SSSR count). The molecular formula is C24H19FN2O2. The lowest BCUT2D eigenvalue weighted by molar-refractivity contribution is -0.112. The molecule has 0 bridgehead atoms. The van der Waals surface area contributed by atoms with Gasteiger partial charge in [-0.15, -0.1) is 0 Å². The Kier molecular flexibility index (Phi) is 6.39. The zero-order valence-electron chi connectivity index (χ0n) is 15.9. The first-order valence-electron chi connectivity index (χ1n) is 9.01. The Morgan fingerprint density at radius 3 is 2.59 bits per heavy atom. The molecular weight excluding hydrogens is 367 g/mol. The van der Waals surface area contributed by atoms with Crippen LogP contribution in [0, 0.1) is 24.1 Å². The molecule has 1 amide bonds. The van der Waals surface area contributed by atoms with E-state index in [1.54, 1.807) is 30.3 Å².